The highest BCUT2D eigenvalue weighted by atomic mass is 16.6. The van der Waals surface area contributed by atoms with Crippen LogP contribution in [0.4, 0.5) is 4.79 Å². The molecule has 1 aliphatic heterocycles. The standard InChI is InChI=1S/C16H24N2O3/c1-16(2,3)21-15(20)18-8-7-17-10-14(18)13-6-4-5-12(9-13)11-19/h4-6,9,14,17,19H,7-8,10-11H2,1-3H3. The van der Waals surface area contributed by atoms with Gasteiger partial charge in [0.05, 0.1) is 12.6 Å². The molecular weight excluding hydrogens is 268 g/mol. The van der Waals surface area contributed by atoms with E-state index in [0.29, 0.717) is 13.1 Å². The molecule has 0 aromatic heterocycles. The fourth-order valence-corrected chi connectivity index (χ4v) is 2.44. The van der Waals surface area contributed by atoms with E-state index in [-0.39, 0.29) is 18.7 Å². The molecule has 1 heterocycles. The lowest BCUT2D eigenvalue weighted by Gasteiger charge is -2.37. The zero-order chi connectivity index (χ0) is 15.5. The van der Waals surface area contributed by atoms with Gasteiger partial charge in [0.15, 0.2) is 0 Å². The average molecular weight is 292 g/mol. The van der Waals surface area contributed by atoms with E-state index in [9.17, 15) is 9.90 Å². The molecule has 5 heteroatoms. The topological polar surface area (TPSA) is 61.8 Å². The van der Waals surface area contributed by atoms with Crippen LogP contribution in [0.1, 0.15) is 37.9 Å². The highest BCUT2D eigenvalue weighted by Gasteiger charge is 2.31. The molecule has 1 fully saturated rings. The molecule has 1 saturated heterocycles. The first-order chi connectivity index (χ1) is 9.90. The van der Waals surface area contributed by atoms with E-state index in [4.69, 9.17) is 4.74 Å². The monoisotopic (exact) mass is 292 g/mol. The van der Waals surface area contributed by atoms with Crippen LogP contribution in [0.5, 0.6) is 0 Å². The molecule has 0 spiro atoms. The van der Waals surface area contributed by atoms with E-state index >= 15 is 0 Å². The van der Waals surface area contributed by atoms with Gasteiger partial charge in [-0.2, -0.15) is 0 Å². The number of piperazine rings is 1. The first-order valence-electron chi connectivity index (χ1n) is 7.31. The van der Waals surface area contributed by atoms with Gasteiger partial charge < -0.3 is 15.2 Å². The number of rotatable bonds is 2. The van der Waals surface area contributed by atoms with Crippen LogP contribution in [-0.2, 0) is 11.3 Å². The molecule has 0 radical (unpaired) electrons. The second-order valence-electron chi connectivity index (χ2n) is 6.30. The minimum atomic E-state index is -0.501. The van der Waals surface area contributed by atoms with E-state index in [1.54, 1.807) is 4.90 Å². The Morgan fingerprint density at radius 1 is 1.48 bits per heavy atom. The Bertz CT molecular complexity index is 497. The number of amides is 1. The maximum absolute atomic E-state index is 12.4. The molecular formula is C16H24N2O3. The Hall–Kier alpha value is -1.59. The maximum atomic E-state index is 12.4. The molecule has 116 valence electrons. The van der Waals surface area contributed by atoms with Crippen molar-refractivity contribution in [2.75, 3.05) is 19.6 Å². The Morgan fingerprint density at radius 2 is 2.24 bits per heavy atom. The zero-order valence-corrected chi connectivity index (χ0v) is 12.9. The van der Waals surface area contributed by atoms with Crippen molar-refractivity contribution in [3.8, 4) is 0 Å². The third kappa shape index (κ3) is 4.19. The average Bonchev–Trinajstić information content (AvgIpc) is 2.45. The highest BCUT2D eigenvalue weighted by Crippen LogP contribution is 2.25. The predicted molar refractivity (Wildman–Crippen MR) is 80.9 cm³/mol. The predicted octanol–water partition coefficient (Wildman–Crippen LogP) is 2.06. The molecule has 1 atom stereocenters. The van der Waals surface area contributed by atoms with E-state index in [1.165, 1.54) is 0 Å². The van der Waals surface area contributed by atoms with Crippen molar-refractivity contribution >= 4 is 6.09 Å². The van der Waals surface area contributed by atoms with Crippen molar-refractivity contribution in [3.05, 3.63) is 35.4 Å². The highest BCUT2D eigenvalue weighted by molar-refractivity contribution is 5.69. The fraction of sp³-hybridized carbons (Fsp3) is 0.562. The molecule has 1 unspecified atom stereocenters. The summed E-state index contributed by atoms with van der Waals surface area (Å²) in [6, 6.07) is 7.63. The SMILES string of the molecule is CC(C)(C)OC(=O)N1CCNCC1c1cccc(CO)c1. The fourth-order valence-electron chi connectivity index (χ4n) is 2.44. The van der Waals surface area contributed by atoms with Crippen LogP contribution in [0.3, 0.4) is 0 Å². The Morgan fingerprint density at radius 3 is 2.90 bits per heavy atom. The minimum absolute atomic E-state index is 0.000423. The largest absolute Gasteiger partial charge is 0.444 e. The van der Waals surface area contributed by atoms with Crippen molar-refractivity contribution in [3.63, 3.8) is 0 Å². The van der Waals surface area contributed by atoms with Gasteiger partial charge in [0, 0.05) is 19.6 Å². The molecule has 1 amide bonds. The quantitative estimate of drug-likeness (QED) is 0.876. The lowest BCUT2D eigenvalue weighted by Crippen LogP contribution is -2.50. The Balaban J connectivity index is 2.20. The summed E-state index contributed by atoms with van der Waals surface area (Å²) >= 11 is 0. The van der Waals surface area contributed by atoms with Crippen LogP contribution in [0.15, 0.2) is 24.3 Å². The molecule has 1 aromatic carbocycles. The van der Waals surface area contributed by atoms with Crippen molar-refractivity contribution < 1.29 is 14.6 Å². The van der Waals surface area contributed by atoms with Crippen molar-refractivity contribution in [1.29, 1.82) is 0 Å². The second-order valence-corrected chi connectivity index (χ2v) is 6.30. The van der Waals surface area contributed by atoms with Crippen LogP contribution >= 0.6 is 0 Å². The van der Waals surface area contributed by atoms with Gasteiger partial charge in [-0.25, -0.2) is 4.79 Å². The summed E-state index contributed by atoms with van der Waals surface area (Å²) in [4.78, 5) is 14.1. The third-order valence-electron chi connectivity index (χ3n) is 3.39. The first kappa shape index (κ1) is 15.8. The molecule has 1 aliphatic rings. The van der Waals surface area contributed by atoms with Gasteiger partial charge in [-0.15, -0.1) is 0 Å². The van der Waals surface area contributed by atoms with Crippen LogP contribution in [0.25, 0.3) is 0 Å². The lowest BCUT2D eigenvalue weighted by atomic mass is 10.0. The number of hydrogen-bond donors (Lipinski definition) is 2. The summed E-state index contributed by atoms with van der Waals surface area (Å²) < 4.78 is 5.50. The normalized spacial score (nSPS) is 19.4. The molecule has 1 aromatic rings. The first-order valence-corrected chi connectivity index (χ1v) is 7.31. The number of ether oxygens (including phenoxy) is 1. The number of carbonyl (C=O) groups is 1. The number of nitrogens with one attached hydrogen (secondary N) is 1. The number of benzene rings is 1. The van der Waals surface area contributed by atoms with Gasteiger partial charge in [-0.3, -0.25) is 4.90 Å². The molecule has 0 aliphatic carbocycles. The molecule has 2 N–H and O–H groups in total. The van der Waals surface area contributed by atoms with Crippen molar-refractivity contribution in [2.24, 2.45) is 0 Å². The van der Waals surface area contributed by atoms with Gasteiger partial charge in [-0.05, 0) is 31.9 Å². The van der Waals surface area contributed by atoms with Crippen molar-refractivity contribution in [2.45, 2.75) is 39.0 Å². The third-order valence-corrected chi connectivity index (χ3v) is 3.39. The number of hydrogen-bond acceptors (Lipinski definition) is 4. The van der Waals surface area contributed by atoms with Gasteiger partial charge in [-0.1, -0.05) is 24.3 Å². The van der Waals surface area contributed by atoms with Crippen LogP contribution in [0.2, 0.25) is 0 Å². The van der Waals surface area contributed by atoms with Crippen LogP contribution in [-0.4, -0.2) is 41.3 Å². The van der Waals surface area contributed by atoms with Crippen molar-refractivity contribution in [1.82, 2.24) is 10.2 Å². The summed E-state index contributed by atoms with van der Waals surface area (Å²) in [5.74, 6) is 0. The number of aliphatic hydroxyl groups is 1. The van der Waals surface area contributed by atoms with Gasteiger partial charge in [0.25, 0.3) is 0 Å². The zero-order valence-electron chi connectivity index (χ0n) is 12.9. The van der Waals surface area contributed by atoms with E-state index < -0.39 is 5.60 Å². The summed E-state index contributed by atoms with van der Waals surface area (Å²) in [5.41, 5.74) is 1.36. The summed E-state index contributed by atoms with van der Waals surface area (Å²) in [6.07, 6.45) is -0.289. The summed E-state index contributed by atoms with van der Waals surface area (Å²) in [7, 11) is 0. The molecule has 2 rings (SSSR count). The van der Waals surface area contributed by atoms with Gasteiger partial charge in [0.1, 0.15) is 5.60 Å². The molecule has 21 heavy (non-hydrogen) atoms. The minimum Gasteiger partial charge on any atom is -0.444 e. The van der Waals surface area contributed by atoms with Gasteiger partial charge in [0.2, 0.25) is 0 Å². The van der Waals surface area contributed by atoms with E-state index in [2.05, 4.69) is 5.32 Å². The molecule has 0 saturated carbocycles. The van der Waals surface area contributed by atoms with E-state index in [1.807, 2.05) is 45.0 Å². The maximum Gasteiger partial charge on any atom is 0.410 e. The van der Waals surface area contributed by atoms with Crippen LogP contribution in [0, 0.1) is 0 Å². The second kappa shape index (κ2) is 6.45. The molecule has 5 nitrogen and oxygen atoms in total. The Labute approximate surface area is 125 Å². The number of carbonyl (C=O) groups excluding carboxylic acids is 1. The van der Waals surface area contributed by atoms with Crippen LogP contribution < -0.4 is 5.32 Å². The van der Waals surface area contributed by atoms with Gasteiger partial charge >= 0.3 is 6.09 Å². The lowest BCUT2D eigenvalue weighted by molar-refractivity contribution is 0.0118. The van der Waals surface area contributed by atoms with E-state index in [0.717, 1.165) is 17.7 Å². The molecule has 0 bridgehead atoms. The summed E-state index contributed by atoms with van der Waals surface area (Å²) in [5, 5.41) is 12.6. The smallest absolute Gasteiger partial charge is 0.410 e. The number of nitrogens with zero attached hydrogens (tertiary/aromatic N) is 1. The Kier molecular flexibility index (Phi) is 4.85. The summed E-state index contributed by atoms with van der Waals surface area (Å²) in [6.45, 7) is 7.67. The number of aliphatic hydroxyl groups excluding tert-OH is 1.